The van der Waals surface area contributed by atoms with E-state index in [1.54, 1.807) is 0 Å². The number of aromatic carboxylic acids is 1. The second-order valence-corrected chi connectivity index (χ2v) is 6.46. The molecule has 120 valence electrons. The molecule has 1 heterocycles. The van der Waals surface area contributed by atoms with Crippen LogP contribution < -0.4 is 4.90 Å². The number of aliphatic hydroxyl groups is 2. The van der Waals surface area contributed by atoms with Gasteiger partial charge >= 0.3 is 5.97 Å². The van der Waals surface area contributed by atoms with Crippen LogP contribution in [0.25, 0.3) is 0 Å². The van der Waals surface area contributed by atoms with E-state index < -0.39 is 53.7 Å². The first-order chi connectivity index (χ1) is 10.9. The second kappa shape index (κ2) is 4.62. The van der Waals surface area contributed by atoms with E-state index in [9.17, 15) is 24.6 Å². The van der Waals surface area contributed by atoms with Gasteiger partial charge in [0.2, 0.25) is 11.8 Å². The lowest BCUT2D eigenvalue weighted by atomic mass is 9.78. The van der Waals surface area contributed by atoms with Crippen LogP contribution in [0.1, 0.15) is 16.8 Å². The molecule has 1 aliphatic heterocycles. The van der Waals surface area contributed by atoms with E-state index in [2.05, 4.69) is 0 Å². The standard InChI is InChI=1S/C16H15NO6/c18-12-8-5-9(13(12)19)11-10(8)14(20)17(15(11)21)7-3-1-2-6(4-7)16(22)23/h1-4,8-13,18-19H,5H2,(H,22,23)/t8-,9-,10-,11-,12-,13-/m0/s1. The number of carboxylic acid groups (broad SMARTS) is 1. The summed E-state index contributed by atoms with van der Waals surface area (Å²) in [5.41, 5.74) is 0.209. The molecule has 6 atom stereocenters. The molecule has 0 aromatic heterocycles. The number of rotatable bonds is 2. The Labute approximate surface area is 131 Å². The maximum absolute atomic E-state index is 12.7. The minimum atomic E-state index is -1.14. The van der Waals surface area contributed by atoms with Gasteiger partial charge in [-0.15, -0.1) is 0 Å². The molecule has 2 amide bonds. The van der Waals surface area contributed by atoms with Gasteiger partial charge in [-0.2, -0.15) is 0 Å². The SMILES string of the molecule is O=C(O)c1cccc(N2C(=O)[C@H]3[C@@H]4C[C@H]([C@H](O)[C@H]4O)[C@@H]3C2=O)c1. The number of imide groups is 1. The van der Waals surface area contributed by atoms with Crippen molar-refractivity contribution in [1.29, 1.82) is 0 Å². The highest BCUT2D eigenvalue weighted by Gasteiger charge is 2.67. The van der Waals surface area contributed by atoms with Gasteiger partial charge in [0.1, 0.15) is 0 Å². The summed E-state index contributed by atoms with van der Waals surface area (Å²) in [5, 5.41) is 29.1. The maximum Gasteiger partial charge on any atom is 0.335 e. The smallest absolute Gasteiger partial charge is 0.335 e. The van der Waals surface area contributed by atoms with E-state index in [-0.39, 0.29) is 11.3 Å². The summed E-state index contributed by atoms with van der Waals surface area (Å²) in [7, 11) is 0. The molecule has 7 nitrogen and oxygen atoms in total. The van der Waals surface area contributed by atoms with Gasteiger partial charge in [-0.25, -0.2) is 4.79 Å². The van der Waals surface area contributed by atoms with Crippen molar-refractivity contribution in [3.63, 3.8) is 0 Å². The van der Waals surface area contributed by atoms with Crippen molar-refractivity contribution in [1.82, 2.24) is 0 Å². The Kier molecular flexibility index (Phi) is 2.88. The highest BCUT2D eigenvalue weighted by atomic mass is 16.4. The Morgan fingerprint density at radius 1 is 1.04 bits per heavy atom. The van der Waals surface area contributed by atoms with Crippen molar-refractivity contribution in [2.45, 2.75) is 18.6 Å². The third-order valence-corrected chi connectivity index (χ3v) is 5.44. The Bertz CT molecular complexity index is 699. The summed E-state index contributed by atoms with van der Waals surface area (Å²) < 4.78 is 0. The molecule has 1 aromatic carbocycles. The van der Waals surface area contributed by atoms with Gasteiger partial charge in [0.25, 0.3) is 0 Å². The van der Waals surface area contributed by atoms with Crippen molar-refractivity contribution in [2.75, 3.05) is 4.90 Å². The van der Waals surface area contributed by atoms with Gasteiger partial charge in [0.15, 0.2) is 0 Å². The average Bonchev–Trinajstić information content (AvgIpc) is 3.12. The van der Waals surface area contributed by atoms with Gasteiger partial charge in [-0.05, 0) is 24.6 Å². The molecule has 2 bridgehead atoms. The lowest BCUT2D eigenvalue weighted by Gasteiger charge is -2.29. The molecule has 1 aromatic rings. The molecule has 0 spiro atoms. The maximum atomic E-state index is 12.7. The Hall–Kier alpha value is -2.25. The van der Waals surface area contributed by atoms with Crippen molar-refractivity contribution in [3.05, 3.63) is 29.8 Å². The number of carboxylic acids is 1. The summed E-state index contributed by atoms with van der Waals surface area (Å²) in [4.78, 5) is 37.5. The first kappa shape index (κ1) is 14.3. The molecule has 2 aliphatic carbocycles. The second-order valence-electron chi connectivity index (χ2n) is 6.46. The summed E-state index contributed by atoms with van der Waals surface area (Å²) >= 11 is 0. The predicted octanol–water partition coefficient (Wildman–Crippen LogP) is -0.138. The van der Waals surface area contributed by atoms with Crippen molar-refractivity contribution in [2.24, 2.45) is 23.7 Å². The molecule has 1 saturated heterocycles. The fourth-order valence-corrected chi connectivity index (χ4v) is 4.46. The lowest BCUT2D eigenvalue weighted by Crippen LogP contribution is -2.43. The first-order valence-corrected chi connectivity index (χ1v) is 7.49. The predicted molar refractivity (Wildman–Crippen MR) is 76.5 cm³/mol. The van der Waals surface area contributed by atoms with Crippen molar-refractivity contribution < 1.29 is 29.7 Å². The van der Waals surface area contributed by atoms with Gasteiger partial charge < -0.3 is 15.3 Å². The number of amides is 2. The van der Waals surface area contributed by atoms with E-state index >= 15 is 0 Å². The summed E-state index contributed by atoms with van der Waals surface area (Å²) in [6, 6.07) is 5.66. The Balaban J connectivity index is 1.73. The van der Waals surface area contributed by atoms with Gasteiger partial charge in [0.05, 0.1) is 35.3 Å². The largest absolute Gasteiger partial charge is 0.478 e. The molecule has 0 radical (unpaired) electrons. The first-order valence-electron chi connectivity index (χ1n) is 7.49. The number of anilines is 1. The minimum Gasteiger partial charge on any atom is -0.478 e. The molecule has 3 aliphatic rings. The lowest BCUT2D eigenvalue weighted by molar-refractivity contribution is -0.129. The Morgan fingerprint density at radius 3 is 2.13 bits per heavy atom. The fourth-order valence-electron chi connectivity index (χ4n) is 4.46. The molecular formula is C16H15NO6. The number of nitrogens with zero attached hydrogens (tertiary/aromatic N) is 1. The Morgan fingerprint density at radius 2 is 1.61 bits per heavy atom. The number of benzene rings is 1. The van der Waals surface area contributed by atoms with Gasteiger partial charge in [-0.1, -0.05) is 6.07 Å². The third kappa shape index (κ3) is 1.74. The monoisotopic (exact) mass is 317 g/mol. The zero-order valence-electron chi connectivity index (χ0n) is 12.0. The van der Waals surface area contributed by atoms with E-state index in [1.807, 2.05) is 0 Å². The van der Waals surface area contributed by atoms with Crippen LogP contribution in [0.4, 0.5) is 5.69 Å². The molecule has 2 saturated carbocycles. The number of aliphatic hydroxyl groups excluding tert-OH is 2. The summed E-state index contributed by atoms with van der Waals surface area (Å²) in [6.07, 6.45) is -1.50. The van der Waals surface area contributed by atoms with Crippen molar-refractivity contribution in [3.8, 4) is 0 Å². The topological polar surface area (TPSA) is 115 Å². The molecule has 7 heteroatoms. The summed E-state index contributed by atoms with van der Waals surface area (Å²) in [5.74, 6) is -4.05. The minimum absolute atomic E-state index is 0.0109. The molecular weight excluding hydrogens is 302 g/mol. The van der Waals surface area contributed by atoms with Crippen LogP contribution in [0.5, 0.6) is 0 Å². The van der Waals surface area contributed by atoms with Crippen LogP contribution >= 0.6 is 0 Å². The third-order valence-electron chi connectivity index (χ3n) is 5.44. The van der Waals surface area contributed by atoms with Gasteiger partial charge in [-0.3, -0.25) is 14.5 Å². The fraction of sp³-hybridized carbons (Fsp3) is 0.438. The molecule has 4 rings (SSSR count). The van der Waals surface area contributed by atoms with Crippen LogP contribution in [-0.2, 0) is 9.59 Å². The van der Waals surface area contributed by atoms with E-state index in [1.165, 1.54) is 24.3 Å². The van der Waals surface area contributed by atoms with Crippen LogP contribution in [0.3, 0.4) is 0 Å². The van der Waals surface area contributed by atoms with Crippen molar-refractivity contribution >= 4 is 23.5 Å². The molecule has 23 heavy (non-hydrogen) atoms. The van der Waals surface area contributed by atoms with Crippen LogP contribution in [0.2, 0.25) is 0 Å². The van der Waals surface area contributed by atoms with Crippen LogP contribution in [0, 0.1) is 23.7 Å². The van der Waals surface area contributed by atoms with E-state index in [4.69, 9.17) is 5.11 Å². The quantitative estimate of drug-likeness (QED) is 0.654. The molecule has 3 N–H and O–H groups in total. The van der Waals surface area contributed by atoms with E-state index in [0.29, 0.717) is 6.42 Å². The number of fused-ring (bicyclic) bond motifs is 5. The normalized spacial score (nSPS) is 38.3. The molecule has 0 unspecified atom stereocenters. The zero-order valence-corrected chi connectivity index (χ0v) is 12.0. The molecule has 3 fully saturated rings. The summed E-state index contributed by atoms with van der Waals surface area (Å²) in [6.45, 7) is 0. The van der Waals surface area contributed by atoms with Crippen LogP contribution in [-0.4, -0.2) is 45.3 Å². The van der Waals surface area contributed by atoms with Crippen LogP contribution in [0.15, 0.2) is 24.3 Å². The number of hydrogen-bond donors (Lipinski definition) is 3. The number of hydrogen-bond acceptors (Lipinski definition) is 5. The van der Waals surface area contributed by atoms with E-state index in [0.717, 1.165) is 4.90 Å². The highest BCUT2D eigenvalue weighted by molar-refractivity contribution is 6.22. The zero-order chi connectivity index (χ0) is 16.5. The average molecular weight is 317 g/mol. The highest BCUT2D eigenvalue weighted by Crippen LogP contribution is 2.56. The number of carbonyl (C=O) groups is 3. The van der Waals surface area contributed by atoms with Gasteiger partial charge in [0, 0.05) is 11.8 Å². The number of carbonyl (C=O) groups excluding carboxylic acids is 2.